The van der Waals surface area contributed by atoms with Crippen LogP contribution < -0.4 is 11.1 Å². The van der Waals surface area contributed by atoms with E-state index in [2.05, 4.69) is 17.3 Å². The summed E-state index contributed by atoms with van der Waals surface area (Å²) in [6, 6.07) is 0.521. The molecular weight excluding hydrogens is 262 g/mol. The van der Waals surface area contributed by atoms with Crippen LogP contribution in [0.2, 0.25) is 0 Å². The number of nitrogens with one attached hydrogen (secondary N) is 1. The van der Waals surface area contributed by atoms with Gasteiger partial charge in [-0.3, -0.25) is 4.79 Å². The van der Waals surface area contributed by atoms with Gasteiger partial charge in [0.05, 0.1) is 5.54 Å². The molecule has 0 radical (unpaired) electrons. The summed E-state index contributed by atoms with van der Waals surface area (Å²) in [6.45, 7) is 4.35. The minimum absolute atomic E-state index is 0.200. The number of hydrogen-bond acceptors (Lipinski definition) is 3. The van der Waals surface area contributed by atoms with Crippen LogP contribution in [0.15, 0.2) is 0 Å². The Morgan fingerprint density at radius 1 is 1.24 bits per heavy atom. The van der Waals surface area contributed by atoms with E-state index >= 15 is 0 Å². The molecule has 4 heteroatoms. The van der Waals surface area contributed by atoms with Crippen molar-refractivity contribution in [3.8, 4) is 0 Å². The summed E-state index contributed by atoms with van der Waals surface area (Å²) in [6.07, 6.45) is 11.1. The Balaban J connectivity index is 1.61. The Kier molecular flexibility index (Phi) is 6.06. The van der Waals surface area contributed by atoms with E-state index in [-0.39, 0.29) is 5.91 Å². The van der Waals surface area contributed by atoms with Gasteiger partial charge in [-0.05, 0) is 71.4 Å². The van der Waals surface area contributed by atoms with E-state index in [9.17, 15) is 4.79 Å². The van der Waals surface area contributed by atoms with Crippen LogP contribution in [-0.2, 0) is 4.79 Å². The zero-order valence-electron chi connectivity index (χ0n) is 13.9. The van der Waals surface area contributed by atoms with Gasteiger partial charge in [0.2, 0.25) is 5.91 Å². The Morgan fingerprint density at radius 3 is 2.48 bits per heavy atom. The number of hydrogen-bond donors (Lipinski definition) is 2. The maximum atomic E-state index is 11.7. The number of rotatable bonds is 10. The van der Waals surface area contributed by atoms with Gasteiger partial charge in [-0.1, -0.05) is 12.8 Å². The largest absolute Gasteiger partial charge is 0.368 e. The molecule has 0 aromatic carbocycles. The van der Waals surface area contributed by atoms with E-state index in [0.29, 0.717) is 6.04 Å². The predicted octanol–water partition coefficient (Wildman–Crippen LogP) is 2.27. The molecular formula is C17H33N3O. The standard InChI is InChI=1S/C17H33N3O/c1-17(16(18)21,19-15-9-10-15)11-5-6-12-20(2)13-14-7-3-4-8-14/h14-15,19H,3-13H2,1-2H3,(H2,18,21). The Labute approximate surface area is 129 Å². The van der Waals surface area contributed by atoms with E-state index in [1.54, 1.807) is 0 Å². The van der Waals surface area contributed by atoms with Gasteiger partial charge < -0.3 is 16.0 Å². The first-order valence-electron chi connectivity index (χ1n) is 8.76. The van der Waals surface area contributed by atoms with Gasteiger partial charge in [0, 0.05) is 12.6 Å². The highest BCUT2D eigenvalue weighted by Gasteiger charge is 2.36. The molecule has 122 valence electrons. The van der Waals surface area contributed by atoms with Crippen LogP contribution in [0.4, 0.5) is 0 Å². The first-order valence-corrected chi connectivity index (χ1v) is 8.76. The third-order valence-electron chi connectivity index (χ3n) is 5.16. The molecule has 0 aliphatic heterocycles. The molecule has 0 saturated heterocycles. The van der Waals surface area contributed by atoms with Crippen molar-refractivity contribution in [3.63, 3.8) is 0 Å². The van der Waals surface area contributed by atoms with Crippen LogP contribution >= 0.6 is 0 Å². The first-order chi connectivity index (χ1) is 9.99. The fourth-order valence-electron chi connectivity index (χ4n) is 3.53. The van der Waals surface area contributed by atoms with Crippen LogP contribution in [0, 0.1) is 5.92 Å². The highest BCUT2D eigenvalue weighted by molar-refractivity contribution is 5.84. The number of amides is 1. The minimum atomic E-state index is -0.509. The third-order valence-corrected chi connectivity index (χ3v) is 5.16. The number of unbranched alkanes of at least 4 members (excludes halogenated alkanes) is 1. The van der Waals surface area contributed by atoms with Crippen LogP contribution in [0.25, 0.3) is 0 Å². The van der Waals surface area contributed by atoms with Crippen molar-refractivity contribution in [2.24, 2.45) is 11.7 Å². The summed E-state index contributed by atoms with van der Waals surface area (Å²) in [4.78, 5) is 14.2. The smallest absolute Gasteiger partial charge is 0.237 e. The lowest BCUT2D eigenvalue weighted by molar-refractivity contribution is -0.124. The lowest BCUT2D eigenvalue weighted by Gasteiger charge is -2.28. The second-order valence-corrected chi connectivity index (χ2v) is 7.48. The Morgan fingerprint density at radius 2 is 1.90 bits per heavy atom. The zero-order valence-corrected chi connectivity index (χ0v) is 13.9. The van der Waals surface area contributed by atoms with Gasteiger partial charge in [0.1, 0.15) is 0 Å². The van der Waals surface area contributed by atoms with E-state index in [1.807, 2.05) is 6.92 Å². The maximum Gasteiger partial charge on any atom is 0.237 e. The Bertz CT molecular complexity index is 337. The molecule has 1 unspecified atom stereocenters. The molecule has 3 N–H and O–H groups in total. The number of primary amides is 1. The zero-order chi connectivity index (χ0) is 15.3. The lowest BCUT2D eigenvalue weighted by Crippen LogP contribution is -2.54. The summed E-state index contributed by atoms with van der Waals surface area (Å²) in [5.41, 5.74) is 5.08. The Hall–Kier alpha value is -0.610. The lowest BCUT2D eigenvalue weighted by atomic mass is 9.93. The second kappa shape index (κ2) is 7.59. The van der Waals surface area contributed by atoms with Crippen molar-refractivity contribution >= 4 is 5.91 Å². The molecule has 2 aliphatic rings. The van der Waals surface area contributed by atoms with Gasteiger partial charge in [0.25, 0.3) is 0 Å². The number of nitrogens with two attached hydrogens (primary N) is 1. The van der Waals surface area contributed by atoms with E-state index in [0.717, 1.165) is 31.7 Å². The normalized spacial score (nSPS) is 22.6. The number of carbonyl (C=O) groups is 1. The molecule has 2 fully saturated rings. The highest BCUT2D eigenvalue weighted by atomic mass is 16.1. The van der Waals surface area contributed by atoms with Crippen molar-refractivity contribution in [1.29, 1.82) is 0 Å². The van der Waals surface area contributed by atoms with Crippen molar-refractivity contribution in [2.75, 3.05) is 20.1 Å². The molecule has 0 heterocycles. The number of carbonyl (C=O) groups excluding carboxylic acids is 1. The summed E-state index contributed by atoms with van der Waals surface area (Å²) in [5.74, 6) is 0.719. The molecule has 2 rings (SSSR count). The topological polar surface area (TPSA) is 58.4 Å². The van der Waals surface area contributed by atoms with Crippen molar-refractivity contribution in [1.82, 2.24) is 10.2 Å². The predicted molar refractivity (Wildman–Crippen MR) is 87.1 cm³/mol. The fourth-order valence-corrected chi connectivity index (χ4v) is 3.53. The molecule has 21 heavy (non-hydrogen) atoms. The quantitative estimate of drug-likeness (QED) is 0.608. The molecule has 0 aromatic rings. The molecule has 1 amide bonds. The van der Waals surface area contributed by atoms with Crippen LogP contribution in [-0.4, -0.2) is 42.5 Å². The second-order valence-electron chi connectivity index (χ2n) is 7.48. The first kappa shape index (κ1) is 16.8. The van der Waals surface area contributed by atoms with E-state index < -0.39 is 5.54 Å². The molecule has 2 aliphatic carbocycles. The molecule has 0 spiro atoms. The van der Waals surface area contributed by atoms with Crippen LogP contribution in [0.3, 0.4) is 0 Å². The van der Waals surface area contributed by atoms with Gasteiger partial charge in [-0.2, -0.15) is 0 Å². The van der Waals surface area contributed by atoms with Gasteiger partial charge in [0.15, 0.2) is 0 Å². The molecule has 0 aromatic heterocycles. The minimum Gasteiger partial charge on any atom is -0.368 e. The molecule has 2 saturated carbocycles. The SMILES string of the molecule is CN(CCCCC(C)(NC1CC1)C(N)=O)CC1CCCC1. The van der Waals surface area contributed by atoms with Gasteiger partial charge >= 0.3 is 0 Å². The van der Waals surface area contributed by atoms with E-state index in [4.69, 9.17) is 5.73 Å². The molecule has 1 atom stereocenters. The molecule has 0 bridgehead atoms. The van der Waals surface area contributed by atoms with Gasteiger partial charge in [-0.25, -0.2) is 0 Å². The monoisotopic (exact) mass is 295 g/mol. The van der Waals surface area contributed by atoms with Crippen molar-refractivity contribution < 1.29 is 4.79 Å². The van der Waals surface area contributed by atoms with Crippen LogP contribution in [0.5, 0.6) is 0 Å². The van der Waals surface area contributed by atoms with Crippen LogP contribution in [0.1, 0.15) is 64.7 Å². The summed E-state index contributed by atoms with van der Waals surface area (Å²) < 4.78 is 0. The summed E-state index contributed by atoms with van der Waals surface area (Å²) in [5, 5.41) is 3.43. The van der Waals surface area contributed by atoms with E-state index in [1.165, 1.54) is 45.1 Å². The summed E-state index contributed by atoms with van der Waals surface area (Å²) >= 11 is 0. The average Bonchev–Trinajstić information content (AvgIpc) is 3.08. The third kappa shape index (κ3) is 5.59. The summed E-state index contributed by atoms with van der Waals surface area (Å²) in [7, 11) is 2.23. The van der Waals surface area contributed by atoms with Crippen molar-refractivity contribution in [2.45, 2.75) is 76.3 Å². The van der Waals surface area contributed by atoms with Crippen molar-refractivity contribution in [3.05, 3.63) is 0 Å². The fraction of sp³-hybridized carbons (Fsp3) is 0.941. The average molecular weight is 295 g/mol. The van der Waals surface area contributed by atoms with Gasteiger partial charge in [-0.15, -0.1) is 0 Å². The maximum absolute atomic E-state index is 11.7. The molecule has 4 nitrogen and oxygen atoms in total. The number of nitrogens with zero attached hydrogens (tertiary/aromatic N) is 1. The highest BCUT2D eigenvalue weighted by Crippen LogP contribution is 2.26.